The molecule has 0 fully saturated rings. The Morgan fingerprint density at radius 3 is 2.62 bits per heavy atom. The number of carbonyl (C=O) groups excluding carboxylic acids is 1. The lowest BCUT2D eigenvalue weighted by molar-refractivity contribution is -0.139. The maximum atomic E-state index is 11.4. The largest absolute Gasteiger partial charge is 0.469 e. The average molecular weight is 323 g/mol. The molecule has 0 aliphatic heterocycles. The summed E-state index contributed by atoms with van der Waals surface area (Å²) >= 11 is 0. The minimum absolute atomic E-state index is 0.252. The highest BCUT2D eigenvalue weighted by Crippen LogP contribution is 2.22. The van der Waals surface area contributed by atoms with Crippen molar-refractivity contribution < 1.29 is 9.53 Å². The van der Waals surface area contributed by atoms with E-state index in [1.807, 2.05) is 30.3 Å². The number of esters is 1. The van der Waals surface area contributed by atoms with Crippen molar-refractivity contribution in [2.24, 2.45) is 0 Å². The molecule has 2 aromatic carbocycles. The second-order valence-electron chi connectivity index (χ2n) is 6.09. The fraction of sp³-hybridized carbons (Fsp3) is 0.263. The summed E-state index contributed by atoms with van der Waals surface area (Å²) in [5.41, 5.74) is 4.92. The number of anilines is 2. The number of nitrogens with one attached hydrogen (secondary N) is 2. The number of nitrogens with zero attached hydrogens (tertiary/aromatic N) is 1. The van der Waals surface area contributed by atoms with E-state index < -0.39 is 0 Å². The van der Waals surface area contributed by atoms with Crippen molar-refractivity contribution in [1.82, 2.24) is 9.97 Å². The molecule has 0 atom stereocenters. The number of hydrogen-bond donors (Lipinski definition) is 2. The molecular formula is C19H21N3O2. The fourth-order valence-corrected chi connectivity index (χ4v) is 2.55. The molecule has 24 heavy (non-hydrogen) atoms. The summed E-state index contributed by atoms with van der Waals surface area (Å²) in [4.78, 5) is 19.1. The zero-order chi connectivity index (χ0) is 17.1. The van der Waals surface area contributed by atoms with E-state index in [-0.39, 0.29) is 12.4 Å². The Morgan fingerprint density at radius 2 is 1.96 bits per heavy atom. The van der Waals surface area contributed by atoms with Gasteiger partial charge in [-0.1, -0.05) is 32.0 Å². The normalized spacial score (nSPS) is 11.0. The lowest BCUT2D eigenvalue weighted by atomic mass is 10.0. The number of hydrogen-bond acceptors (Lipinski definition) is 4. The number of benzene rings is 2. The summed E-state index contributed by atoms with van der Waals surface area (Å²) in [6, 6.07) is 14.0. The van der Waals surface area contributed by atoms with Crippen LogP contribution < -0.4 is 5.32 Å². The summed E-state index contributed by atoms with van der Waals surface area (Å²) < 4.78 is 4.70. The van der Waals surface area contributed by atoms with Gasteiger partial charge in [0, 0.05) is 5.69 Å². The first-order chi connectivity index (χ1) is 11.5. The van der Waals surface area contributed by atoms with Gasteiger partial charge in [-0.05, 0) is 41.3 Å². The zero-order valence-electron chi connectivity index (χ0n) is 14.1. The van der Waals surface area contributed by atoms with Crippen molar-refractivity contribution in [3.05, 3.63) is 53.6 Å². The van der Waals surface area contributed by atoms with Gasteiger partial charge < -0.3 is 15.0 Å². The van der Waals surface area contributed by atoms with Gasteiger partial charge in [0.1, 0.15) is 0 Å². The number of aromatic nitrogens is 2. The number of aromatic amines is 1. The molecule has 0 radical (unpaired) electrons. The summed E-state index contributed by atoms with van der Waals surface area (Å²) in [6.45, 7) is 4.35. The van der Waals surface area contributed by atoms with Crippen LogP contribution in [-0.2, 0) is 16.0 Å². The van der Waals surface area contributed by atoms with E-state index in [9.17, 15) is 4.79 Å². The van der Waals surface area contributed by atoms with Gasteiger partial charge in [0.15, 0.2) is 0 Å². The lowest BCUT2D eigenvalue weighted by Crippen LogP contribution is -2.04. The van der Waals surface area contributed by atoms with Crippen LogP contribution in [0.2, 0.25) is 0 Å². The fourth-order valence-electron chi connectivity index (χ4n) is 2.55. The number of fused-ring (bicyclic) bond motifs is 1. The summed E-state index contributed by atoms with van der Waals surface area (Å²) in [6.07, 6.45) is 0.255. The van der Waals surface area contributed by atoms with Gasteiger partial charge in [-0.25, -0.2) is 4.98 Å². The number of methoxy groups -OCH3 is 1. The quantitative estimate of drug-likeness (QED) is 0.692. The van der Waals surface area contributed by atoms with Gasteiger partial charge in [-0.2, -0.15) is 0 Å². The first-order valence-corrected chi connectivity index (χ1v) is 7.97. The molecule has 2 N–H and O–H groups in total. The molecule has 0 bridgehead atoms. The van der Waals surface area contributed by atoms with Crippen LogP contribution in [0.5, 0.6) is 0 Å². The monoisotopic (exact) mass is 323 g/mol. The molecule has 0 aliphatic carbocycles. The Balaban J connectivity index is 1.78. The molecule has 1 aromatic heterocycles. The van der Waals surface area contributed by atoms with E-state index in [0.29, 0.717) is 11.9 Å². The highest BCUT2D eigenvalue weighted by atomic mass is 16.5. The van der Waals surface area contributed by atoms with Crippen molar-refractivity contribution in [3.8, 4) is 0 Å². The Hall–Kier alpha value is -2.82. The molecule has 1 heterocycles. The topological polar surface area (TPSA) is 67.0 Å². The van der Waals surface area contributed by atoms with E-state index in [1.165, 1.54) is 12.7 Å². The van der Waals surface area contributed by atoms with Crippen molar-refractivity contribution in [3.63, 3.8) is 0 Å². The van der Waals surface area contributed by atoms with Crippen molar-refractivity contribution in [1.29, 1.82) is 0 Å². The minimum atomic E-state index is -0.252. The summed E-state index contributed by atoms with van der Waals surface area (Å²) in [5.74, 6) is 0.938. The van der Waals surface area contributed by atoms with Crippen LogP contribution in [0, 0.1) is 0 Å². The van der Waals surface area contributed by atoms with Crippen LogP contribution in [0.25, 0.3) is 11.0 Å². The molecule has 0 amide bonds. The molecule has 124 valence electrons. The number of H-pyrrole nitrogens is 1. The van der Waals surface area contributed by atoms with Gasteiger partial charge in [-0.3, -0.25) is 4.79 Å². The first-order valence-electron chi connectivity index (χ1n) is 7.97. The van der Waals surface area contributed by atoms with Crippen molar-refractivity contribution in [2.45, 2.75) is 26.2 Å². The van der Waals surface area contributed by atoms with Gasteiger partial charge in [0.05, 0.1) is 24.6 Å². The third kappa shape index (κ3) is 3.56. The predicted molar refractivity (Wildman–Crippen MR) is 95.6 cm³/mol. The highest BCUT2D eigenvalue weighted by molar-refractivity contribution is 5.81. The number of carbonyl (C=O) groups is 1. The molecule has 0 saturated heterocycles. The Labute approximate surface area is 141 Å². The number of imidazole rings is 1. The Morgan fingerprint density at radius 1 is 1.21 bits per heavy atom. The molecule has 3 aromatic rings. The van der Waals surface area contributed by atoms with Crippen LogP contribution in [0.1, 0.15) is 30.9 Å². The molecule has 0 unspecified atom stereocenters. The second kappa shape index (κ2) is 6.74. The van der Waals surface area contributed by atoms with Crippen molar-refractivity contribution in [2.75, 3.05) is 12.4 Å². The molecule has 5 nitrogen and oxygen atoms in total. The molecule has 0 spiro atoms. The van der Waals surface area contributed by atoms with Gasteiger partial charge in [0.25, 0.3) is 0 Å². The van der Waals surface area contributed by atoms with Crippen LogP contribution in [0.3, 0.4) is 0 Å². The molecule has 0 aliphatic rings. The maximum absolute atomic E-state index is 11.4. The lowest BCUT2D eigenvalue weighted by Gasteiger charge is -2.07. The van der Waals surface area contributed by atoms with E-state index in [0.717, 1.165) is 22.3 Å². The number of rotatable bonds is 5. The van der Waals surface area contributed by atoms with E-state index in [1.54, 1.807) is 0 Å². The van der Waals surface area contributed by atoms with Crippen LogP contribution in [0.15, 0.2) is 42.5 Å². The molecular weight excluding hydrogens is 302 g/mol. The van der Waals surface area contributed by atoms with E-state index in [4.69, 9.17) is 4.74 Å². The predicted octanol–water partition coefficient (Wildman–Crippen LogP) is 4.15. The van der Waals surface area contributed by atoms with E-state index >= 15 is 0 Å². The van der Waals surface area contributed by atoms with Gasteiger partial charge in [0.2, 0.25) is 5.95 Å². The van der Waals surface area contributed by atoms with Gasteiger partial charge in [-0.15, -0.1) is 0 Å². The smallest absolute Gasteiger partial charge is 0.309 e. The Kier molecular flexibility index (Phi) is 4.51. The molecule has 3 rings (SSSR count). The first kappa shape index (κ1) is 16.1. The number of ether oxygens (including phenoxy) is 1. The summed E-state index contributed by atoms with van der Waals surface area (Å²) in [5, 5.41) is 3.27. The summed E-state index contributed by atoms with van der Waals surface area (Å²) in [7, 11) is 1.39. The van der Waals surface area contributed by atoms with Crippen LogP contribution in [0.4, 0.5) is 11.6 Å². The molecule has 5 heteroatoms. The zero-order valence-corrected chi connectivity index (χ0v) is 14.1. The third-order valence-electron chi connectivity index (χ3n) is 3.96. The molecule has 0 saturated carbocycles. The maximum Gasteiger partial charge on any atom is 0.309 e. The van der Waals surface area contributed by atoms with Crippen LogP contribution in [-0.4, -0.2) is 23.0 Å². The minimum Gasteiger partial charge on any atom is -0.469 e. The van der Waals surface area contributed by atoms with Crippen molar-refractivity contribution >= 4 is 28.6 Å². The SMILES string of the molecule is COC(=O)Cc1ccc2nc(Nc3ccc(C(C)C)cc3)[nH]c2c1. The third-order valence-corrected chi connectivity index (χ3v) is 3.96. The Bertz CT molecular complexity index is 851. The van der Waals surface area contributed by atoms with Crippen LogP contribution >= 0.6 is 0 Å². The standard InChI is InChI=1S/C19H21N3O2/c1-12(2)14-5-7-15(8-6-14)20-19-21-16-9-4-13(10-17(16)22-19)11-18(23)24-3/h4-10,12H,11H2,1-3H3,(H2,20,21,22). The highest BCUT2D eigenvalue weighted by Gasteiger charge is 2.07. The average Bonchev–Trinajstić information content (AvgIpc) is 2.96. The second-order valence-corrected chi connectivity index (χ2v) is 6.09. The van der Waals surface area contributed by atoms with Gasteiger partial charge >= 0.3 is 5.97 Å². The van der Waals surface area contributed by atoms with E-state index in [2.05, 4.69) is 41.3 Å².